The standard InChI is InChI=1S/C21H26O2Si/c1-21(2,3)24(19-10-6-4-7-11-19,20-12-8-5-9-13-20)23-18-15-14-17(22)16-18/h4-15,17-18,22H,16H2,1-3H3/t17-,18+/m1/s1. The van der Waals surface area contributed by atoms with Crippen molar-refractivity contribution in [1.29, 1.82) is 0 Å². The van der Waals surface area contributed by atoms with Gasteiger partial charge in [-0.3, -0.25) is 0 Å². The highest BCUT2D eigenvalue weighted by atomic mass is 28.4. The molecule has 1 aliphatic rings. The Morgan fingerprint density at radius 1 is 0.875 bits per heavy atom. The van der Waals surface area contributed by atoms with Crippen LogP contribution in [0.1, 0.15) is 27.2 Å². The van der Waals surface area contributed by atoms with Crippen molar-refractivity contribution in [2.45, 2.75) is 44.4 Å². The molecular formula is C21H26O2Si. The molecule has 0 fully saturated rings. The van der Waals surface area contributed by atoms with Gasteiger partial charge in [-0.2, -0.15) is 0 Å². The molecular weight excluding hydrogens is 312 g/mol. The summed E-state index contributed by atoms with van der Waals surface area (Å²) in [5.74, 6) is 0. The van der Waals surface area contributed by atoms with Crippen LogP contribution in [0.25, 0.3) is 0 Å². The lowest BCUT2D eigenvalue weighted by atomic mass is 10.2. The van der Waals surface area contributed by atoms with Gasteiger partial charge >= 0.3 is 0 Å². The second-order valence-electron chi connectivity index (χ2n) is 7.51. The molecule has 1 aliphatic carbocycles. The van der Waals surface area contributed by atoms with Gasteiger partial charge in [-0.05, 0) is 15.4 Å². The highest BCUT2D eigenvalue weighted by molar-refractivity contribution is 6.99. The molecule has 0 saturated carbocycles. The van der Waals surface area contributed by atoms with E-state index in [2.05, 4.69) is 81.4 Å². The van der Waals surface area contributed by atoms with E-state index >= 15 is 0 Å². The van der Waals surface area contributed by atoms with E-state index in [4.69, 9.17) is 4.43 Å². The van der Waals surface area contributed by atoms with E-state index in [0.717, 1.165) is 0 Å². The lowest BCUT2D eigenvalue weighted by molar-refractivity contribution is 0.158. The molecule has 3 heteroatoms. The number of aliphatic hydroxyl groups excluding tert-OH is 1. The summed E-state index contributed by atoms with van der Waals surface area (Å²) < 4.78 is 6.90. The molecule has 126 valence electrons. The van der Waals surface area contributed by atoms with Gasteiger partial charge in [0.05, 0.1) is 12.2 Å². The smallest absolute Gasteiger partial charge is 0.261 e. The molecule has 0 saturated heterocycles. The molecule has 2 nitrogen and oxygen atoms in total. The first-order chi connectivity index (χ1) is 11.4. The van der Waals surface area contributed by atoms with Crippen LogP contribution in [-0.2, 0) is 4.43 Å². The second-order valence-corrected chi connectivity index (χ2v) is 11.8. The minimum atomic E-state index is -2.51. The topological polar surface area (TPSA) is 29.5 Å². The lowest BCUT2D eigenvalue weighted by Gasteiger charge is -2.44. The van der Waals surface area contributed by atoms with Crippen molar-refractivity contribution in [3.05, 3.63) is 72.8 Å². The maximum Gasteiger partial charge on any atom is 0.261 e. The van der Waals surface area contributed by atoms with Gasteiger partial charge in [0.15, 0.2) is 0 Å². The molecule has 0 radical (unpaired) electrons. The van der Waals surface area contributed by atoms with Gasteiger partial charge in [-0.15, -0.1) is 0 Å². The first-order valence-electron chi connectivity index (χ1n) is 8.59. The molecule has 0 spiro atoms. The Hall–Kier alpha value is -1.68. The van der Waals surface area contributed by atoms with Crippen LogP contribution >= 0.6 is 0 Å². The Morgan fingerprint density at radius 3 is 1.75 bits per heavy atom. The summed E-state index contributed by atoms with van der Waals surface area (Å²) in [6, 6.07) is 21.2. The quantitative estimate of drug-likeness (QED) is 0.685. The highest BCUT2D eigenvalue weighted by Gasteiger charge is 2.51. The first kappa shape index (κ1) is 17.2. The highest BCUT2D eigenvalue weighted by Crippen LogP contribution is 2.38. The van der Waals surface area contributed by atoms with E-state index in [1.165, 1.54) is 10.4 Å². The molecule has 0 amide bonds. The first-order valence-corrected chi connectivity index (χ1v) is 10.5. The number of hydrogen-bond acceptors (Lipinski definition) is 2. The summed E-state index contributed by atoms with van der Waals surface area (Å²) in [6.07, 6.45) is 4.08. The molecule has 0 aliphatic heterocycles. The van der Waals surface area contributed by atoms with Crippen molar-refractivity contribution in [1.82, 2.24) is 0 Å². The van der Waals surface area contributed by atoms with Crippen LogP contribution < -0.4 is 10.4 Å². The zero-order chi connectivity index (χ0) is 17.2. The minimum absolute atomic E-state index is 0.0307. The van der Waals surface area contributed by atoms with Crippen molar-refractivity contribution in [2.75, 3.05) is 0 Å². The minimum Gasteiger partial charge on any atom is -0.401 e. The molecule has 3 rings (SSSR count). The fourth-order valence-electron chi connectivity index (χ4n) is 3.65. The molecule has 0 unspecified atom stereocenters. The van der Waals surface area contributed by atoms with E-state index in [1.807, 2.05) is 12.2 Å². The maximum atomic E-state index is 9.89. The summed E-state index contributed by atoms with van der Waals surface area (Å²) in [6.45, 7) is 6.82. The average molecular weight is 339 g/mol. The summed E-state index contributed by atoms with van der Waals surface area (Å²) in [4.78, 5) is 0. The third kappa shape index (κ3) is 3.12. The third-order valence-corrected chi connectivity index (χ3v) is 9.83. The summed E-state index contributed by atoms with van der Waals surface area (Å²) in [7, 11) is -2.51. The number of rotatable bonds is 4. The van der Waals surface area contributed by atoms with Gasteiger partial charge in [0.1, 0.15) is 0 Å². The van der Waals surface area contributed by atoms with Crippen molar-refractivity contribution in [2.24, 2.45) is 0 Å². The van der Waals surface area contributed by atoms with Crippen LogP contribution in [0.3, 0.4) is 0 Å². The van der Waals surface area contributed by atoms with Crippen LogP contribution in [0.15, 0.2) is 72.8 Å². The van der Waals surface area contributed by atoms with E-state index in [9.17, 15) is 5.11 Å². The average Bonchev–Trinajstić information content (AvgIpc) is 2.98. The van der Waals surface area contributed by atoms with Crippen LogP contribution in [-0.4, -0.2) is 25.6 Å². The Morgan fingerprint density at radius 2 is 1.38 bits per heavy atom. The monoisotopic (exact) mass is 338 g/mol. The van der Waals surface area contributed by atoms with Gasteiger partial charge in [0.25, 0.3) is 8.32 Å². The maximum absolute atomic E-state index is 9.89. The van der Waals surface area contributed by atoms with Gasteiger partial charge in [-0.1, -0.05) is 93.6 Å². The van der Waals surface area contributed by atoms with Crippen molar-refractivity contribution in [3.8, 4) is 0 Å². The molecule has 2 aromatic rings. The number of aliphatic hydroxyl groups is 1. The Labute approximate surface area is 145 Å². The van der Waals surface area contributed by atoms with Crippen molar-refractivity contribution >= 4 is 18.7 Å². The second kappa shape index (κ2) is 6.67. The predicted molar refractivity (Wildman–Crippen MR) is 102 cm³/mol. The fourth-order valence-corrected chi connectivity index (χ4v) is 8.30. The van der Waals surface area contributed by atoms with Crippen LogP contribution in [0.4, 0.5) is 0 Å². The van der Waals surface area contributed by atoms with Gasteiger partial charge in [0.2, 0.25) is 0 Å². The third-order valence-electron chi connectivity index (χ3n) is 4.77. The largest absolute Gasteiger partial charge is 0.401 e. The molecule has 0 heterocycles. The Kier molecular flexibility index (Phi) is 4.77. The predicted octanol–water partition coefficient (Wildman–Crippen LogP) is 3.25. The summed E-state index contributed by atoms with van der Waals surface area (Å²) in [5.41, 5.74) is 0. The fraction of sp³-hybridized carbons (Fsp3) is 0.333. The molecule has 0 bridgehead atoms. The van der Waals surface area contributed by atoms with Crippen LogP contribution in [0.2, 0.25) is 5.04 Å². The SMILES string of the molecule is CC(C)(C)[Si](O[C@H]1C=C[C@@H](O)C1)(c1ccccc1)c1ccccc1. The molecule has 2 atom stereocenters. The van der Waals surface area contributed by atoms with E-state index in [1.54, 1.807) is 0 Å². The van der Waals surface area contributed by atoms with Gasteiger partial charge in [-0.25, -0.2) is 0 Å². The summed E-state index contributed by atoms with van der Waals surface area (Å²) in [5, 5.41) is 12.4. The zero-order valence-corrected chi connectivity index (χ0v) is 15.6. The molecule has 0 aromatic heterocycles. The molecule has 2 aromatic carbocycles. The lowest BCUT2D eigenvalue weighted by Crippen LogP contribution is -2.67. The number of benzene rings is 2. The summed E-state index contributed by atoms with van der Waals surface area (Å²) >= 11 is 0. The Balaban J connectivity index is 2.16. The molecule has 24 heavy (non-hydrogen) atoms. The van der Waals surface area contributed by atoms with Gasteiger partial charge in [0, 0.05) is 6.42 Å². The number of hydrogen-bond donors (Lipinski definition) is 1. The van der Waals surface area contributed by atoms with Crippen LogP contribution in [0, 0.1) is 0 Å². The van der Waals surface area contributed by atoms with E-state index in [0.29, 0.717) is 6.42 Å². The van der Waals surface area contributed by atoms with Crippen molar-refractivity contribution < 1.29 is 9.53 Å². The molecule has 1 N–H and O–H groups in total. The van der Waals surface area contributed by atoms with Crippen molar-refractivity contribution in [3.63, 3.8) is 0 Å². The zero-order valence-electron chi connectivity index (χ0n) is 14.6. The van der Waals surface area contributed by atoms with E-state index < -0.39 is 14.4 Å². The van der Waals surface area contributed by atoms with Crippen LogP contribution in [0.5, 0.6) is 0 Å². The van der Waals surface area contributed by atoms with Gasteiger partial charge < -0.3 is 9.53 Å². The Bertz CT molecular complexity index is 649. The normalized spacial score (nSPS) is 21.2. The van der Waals surface area contributed by atoms with E-state index in [-0.39, 0.29) is 11.1 Å².